The second-order valence-corrected chi connectivity index (χ2v) is 5.96. The van der Waals surface area contributed by atoms with Gasteiger partial charge in [-0.1, -0.05) is 18.2 Å². The predicted octanol–water partition coefficient (Wildman–Crippen LogP) is 3.97. The third-order valence-electron chi connectivity index (χ3n) is 3.72. The van der Waals surface area contributed by atoms with Gasteiger partial charge in [-0.2, -0.15) is 4.98 Å². The highest BCUT2D eigenvalue weighted by Crippen LogP contribution is 2.19. The van der Waals surface area contributed by atoms with Crippen molar-refractivity contribution in [1.29, 1.82) is 0 Å². The first-order chi connectivity index (χ1) is 13.1. The summed E-state index contributed by atoms with van der Waals surface area (Å²) < 4.78 is 12.9. The molecule has 3 N–H and O–H groups in total. The third-order valence-corrected chi connectivity index (χ3v) is 3.72. The molecule has 1 amide bonds. The second-order valence-electron chi connectivity index (χ2n) is 5.96. The Kier molecular flexibility index (Phi) is 5.94. The van der Waals surface area contributed by atoms with E-state index < -0.39 is 0 Å². The number of halogens is 1. The molecule has 138 valence electrons. The number of hydrogen-bond acceptors (Lipinski definition) is 5. The Morgan fingerprint density at radius 1 is 1.07 bits per heavy atom. The molecule has 0 saturated carbocycles. The number of hydrogen-bond donors (Lipinski definition) is 3. The van der Waals surface area contributed by atoms with Gasteiger partial charge in [-0.25, -0.2) is 9.37 Å². The summed E-state index contributed by atoms with van der Waals surface area (Å²) in [7, 11) is 0. The molecule has 1 heterocycles. The molecular formula is C20H20FN5O. The topological polar surface area (TPSA) is 78.9 Å². The first-order valence-electron chi connectivity index (χ1n) is 8.54. The van der Waals surface area contributed by atoms with E-state index in [1.54, 1.807) is 24.4 Å². The summed E-state index contributed by atoms with van der Waals surface area (Å²) in [6.07, 6.45) is 2.40. The number of carbonyl (C=O) groups excluding carboxylic acids is 1. The maximum Gasteiger partial charge on any atom is 0.224 e. The molecule has 0 aliphatic heterocycles. The molecule has 0 radical (unpaired) electrons. The van der Waals surface area contributed by atoms with Crippen LogP contribution in [0.3, 0.4) is 0 Å². The van der Waals surface area contributed by atoms with Gasteiger partial charge >= 0.3 is 0 Å². The average Bonchev–Trinajstić information content (AvgIpc) is 2.63. The van der Waals surface area contributed by atoms with Gasteiger partial charge in [-0.3, -0.25) is 4.79 Å². The molecule has 6 nitrogen and oxygen atoms in total. The molecule has 0 unspecified atom stereocenters. The van der Waals surface area contributed by atoms with Crippen molar-refractivity contribution in [2.24, 2.45) is 0 Å². The lowest BCUT2D eigenvalue weighted by molar-refractivity contribution is -0.114. The van der Waals surface area contributed by atoms with Crippen molar-refractivity contribution in [3.63, 3.8) is 0 Å². The van der Waals surface area contributed by atoms with E-state index in [1.165, 1.54) is 19.1 Å². The molecule has 7 heteroatoms. The smallest absolute Gasteiger partial charge is 0.224 e. The fraction of sp³-hybridized carbons (Fsp3) is 0.150. The van der Waals surface area contributed by atoms with Crippen LogP contribution in [0, 0.1) is 5.82 Å². The van der Waals surface area contributed by atoms with Gasteiger partial charge in [0.05, 0.1) is 0 Å². The molecule has 0 spiro atoms. The van der Waals surface area contributed by atoms with Crippen molar-refractivity contribution in [2.75, 3.05) is 22.5 Å². The molecule has 0 bridgehead atoms. The first kappa shape index (κ1) is 18.3. The lowest BCUT2D eigenvalue weighted by Crippen LogP contribution is -2.09. The molecule has 0 saturated heterocycles. The van der Waals surface area contributed by atoms with Crippen LogP contribution in [0.4, 0.5) is 27.5 Å². The van der Waals surface area contributed by atoms with Gasteiger partial charge in [0.15, 0.2) is 0 Å². The lowest BCUT2D eigenvalue weighted by Gasteiger charge is -2.10. The number of nitrogens with one attached hydrogen (secondary N) is 3. The Morgan fingerprint density at radius 3 is 2.63 bits per heavy atom. The Balaban J connectivity index is 1.58. The molecule has 0 atom stereocenters. The molecule has 2 aromatic carbocycles. The summed E-state index contributed by atoms with van der Waals surface area (Å²) in [5, 5.41) is 9.09. The number of benzene rings is 2. The molecule has 1 aromatic heterocycles. The van der Waals surface area contributed by atoms with E-state index in [0.717, 1.165) is 17.7 Å². The van der Waals surface area contributed by atoms with Crippen LogP contribution < -0.4 is 16.0 Å². The number of rotatable bonds is 7. The van der Waals surface area contributed by atoms with Crippen LogP contribution in [-0.4, -0.2) is 22.4 Å². The van der Waals surface area contributed by atoms with Gasteiger partial charge in [-0.05, 0) is 48.4 Å². The zero-order valence-electron chi connectivity index (χ0n) is 14.9. The van der Waals surface area contributed by atoms with Crippen molar-refractivity contribution < 1.29 is 9.18 Å². The summed E-state index contributed by atoms with van der Waals surface area (Å²) in [5.41, 5.74) is 2.55. The number of aromatic nitrogens is 2. The monoisotopic (exact) mass is 365 g/mol. The maximum atomic E-state index is 12.9. The van der Waals surface area contributed by atoms with Crippen molar-refractivity contribution in [3.8, 4) is 0 Å². The van der Waals surface area contributed by atoms with E-state index in [1.807, 2.05) is 24.3 Å². The highest BCUT2D eigenvalue weighted by atomic mass is 19.1. The molecule has 0 aliphatic rings. The van der Waals surface area contributed by atoms with Gasteiger partial charge in [0, 0.05) is 31.0 Å². The zero-order valence-corrected chi connectivity index (χ0v) is 14.9. The van der Waals surface area contributed by atoms with E-state index in [4.69, 9.17) is 0 Å². The Hall–Kier alpha value is -3.48. The van der Waals surface area contributed by atoms with E-state index in [0.29, 0.717) is 24.0 Å². The fourth-order valence-corrected chi connectivity index (χ4v) is 2.51. The molecule has 3 aromatic rings. The van der Waals surface area contributed by atoms with Crippen molar-refractivity contribution >= 4 is 29.0 Å². The normalized spacial score (nSPS) is 10.3. The van der Waals surface area contributed by atoms with E-state index >= 15 is 0 Å². The number of amides is 1. The quantitative estimate of drug-likeness (QED) is 0.590. The summed E-state index contributed by atoms with van der Waals surface area (Å²) in [5.74, 6) is 0.771. The minimum Gasteiger partial charge on any atom is -0.354 e. The largest absolute Gasteiger partial charge is 0.354 e. The predicted molar refractivity (Wildman–Crippen MR) is 105 cm³/mol. The van der Waals surface area contributed by atoms with Gasteiger partial charge in [-0.15, -0.1) is 0 Å². The summed E-state index contributed by atoms with van der Waals surface area (Å²) in [6, 6.07) is 15.6. The molecule has 0 aliphatic carbocycles. The minimum absolute atomic E-state index is 0.123. The highest BCUT2D eigenvalue weighted by molar-refractivity contribution is 5.89. The molecule has 27 heavy (non-hydrogen) atoms. The number of carbonyl (C=O) groups is 1. The fourth-order valence-electron chi connectivity index (χ4n) is 2.51. The second kappa shape index (κ2) is 8.75. The van der Waals surface area contributed by atoms with Crippen LogP contribution in [-0.2, 0) is 11.2 Å². The molecule has 0 fully saturated rings. The van der Waals surface area contributed by atoms with Gasteiger partial charge in [0.25, 0.3) is 0 Å². The maximum absolute atomic E-state index is 12.9. The lowest BCUT2D eigenvalue weighted by atomic mass is 10.1. The Morgan fingerprint density at radius 2 is 1.85 bits per heavy atom. The van der Waals surface area contributed by atoms with Gasteiger partial charge in [0.1, 0.15) is 11.6 Å². The molecular weight excluding hydrogens is 345 g/mol. The standard InChI is InChI=1S/C20H20FN5O/c1-14(27)24-17-3-2-4-18(13-17)25-19-10-12-23-20(26-19)22-11-9-15-5-7-16(21)8-6-15/h2-8,10,12-13H,9,11H2,1H3,(H,24,27)(H2,22,23,25,26). The van der Waals surface area contributed by atoms with Crippen LogP contribution in [0.5, 0.6) is 0 Å². The van der Waals surface area contributed by atoms with E-state index in [2.05, 4.69) is 25.9 Å². The highest BCUT2D eigenvalue weighted by Gasteiger charge is 2.02. The number of nitrogens with zero attached hydrogens (tertiary/aromatic N) is 2. The van der Waals surface area contributed by atoms with E-state index in [9.17, 15) is 9.18 Å². The third kappa shape index (κ3) is 5.78. The first-order valence-corrected chi connectivity index (χ1v) is 8.54. The Bertz CT molecular complexity index is 914. The summed E-state index contributed by atoms with van der Waals surface area (Å²) in [4.78, 5) is 19.8. The number of anilines is 4. The average molecular weight is 365 g/mol. The van der Waals surface area contributed by atoms with Crippen LogP contribution in [0.1, 0.15) is 12.5 Å². The van der Waals surface area contributed by atoms with Crippen LogP contribution in [0.2, 0.25) is 0 Å². The zero-order chi connectivity index (χ0) is 19.1. The van der Waals surface area contributed by atoms with Crippen molar-refractivity contribution in [3.05, 3.63) is 72.2 Å². The van der Waals surface area contributed by atoms with Gasteiger partial charge in [0.2, 0.25) is 11.9 Å². The van der Waals surface area contributed by atoms with Crippen molar-refractivity contribution in [1.82, 2.24) is 9.97 Å². The van der Waals surface area contributed by atoms with E-state index in [-0.39, 0.29) is 11.7 Å². The minimum atomic E-state index is -0.239. The summed E-state index contributed by atoms with van der Waals surface area (Å²) in [6.45, 7) is 2.10. The Labute approximate surface area is 156 Å². The van der Waals surface area contributed by atoms with Gasteiger partial charge < -0.3 is 16.0 Å². The molecule has 3 rings (SSSR count). The summed E-state index contributed by atoms with van der Waals surface area (Å²) >= 11 is 0. The van der Waals surface area contributed by atoms with Crippen molar-refractivity contribution in [2.45, 2.75) is 13.3 Å². The van der Waals surface area contributed by atoms with Crippen LogP contribution in [0.15, 0.2) is 60.8 Å². The van der Waals surface area contributed by atoms with Crippen LogP contribution in [0.25, 0.3) is 0 Å². The SMILES string of the molecule is CC(=O)Nc1cccc(Nc2ccnc(NCCc3ccc(F)cc3)n2)c1. The van der Waals surface area contributed by atoms with Crippen LogP contribution >= 0.6 is 0 Å².